The second kappa shape index (κ2) is 6.86. The van der Waals surface area contributed by atoms with Crippen LogP contribution in [0, 0.1) is 0 Å². The highest BCUT2D eigenvalue weighted by Gasteiger charge is 2.29. The number of aliphatic carboxylic acids is 1. The Kier molecular flexibility index (Phi) is 5.07. The highest BCUT2D eigenvalue weighted by atomic mass is 16.4. The average molecular weight is 329 g/mol. The molecule has 6 nitrogen and oxygen atoms in total. The molecule has 24 heavy (non-hydrogen) atoms. The molecule has 2 rings (SSSR count). The van der Waals surface area contributed by atoms with Crippen LogP contribution < -0.4 is 0 Å². The van der Waals surface area contributed by atoms with E-state index in [-0.39, 0.29) is 17.9 Å². The van der Waals surface area contributed by atoms with E-state index in [0.29, 0.717) is 17.8 Å². The lowest BCUT2D eigenvalue weighted by Crippen LogP contribution is -2.36. The van der Waals surface area contributed by atoms with Gasteiger partial charge in [-0.2, -0.15) is 5.10 Å². The van der Waals surface area contributed by atoms with Gasteiger partial charge in [-0.05, 0) is 19.1 Å². The first-order valence-electron chi connectivity index (χ1n) is 7.90. The van der Waals surface area contributed by atoms with E-state index in [1.807, 2.05) is 51.1 Å². The lowest BCUT2D eigenvalue weighted by molar-refractivity contribution is -0.137. The summed E-state index contributed by atoms with van der Waals surface area (Å²) in [5.41, 5.74) is 1.60. The number of carboxylic acids is 1. The van der Waals surface area contributed by atoms with Crippen LogP contribution in [0.4, 0.5) is 0 Å². The Labute approximate surface area is 141 Å². The number of hydrogen-bond acceptors (Lipinski definition) is 3. The minimum atomic E-state index is -1.03. The number of rotatable bonds is 5. The Morgan fingerprint density at radius 3 is 2.33 bits per heavy atom. The first-order valence-corrected chi connectivity index (χ1v) is 7.90. The van der Waals surface area contributed by atoms with Gasteiger partial charge in [0.2, 0.25) is 0 Å². The summed E-state index contributed by atoms with van der Waals surface area (Å²) in [5, 5.41) is 13.6. The van der Waals surface area contributed by atoms with Crippen LogP contribution in [-0.4, -0.2) is 44.8 Å². The van der Waals surface area contributed by atoms with Gasteiger partial charge in [0, 0.05) is 18.2 Å². The van der Waals surface area contributed by atoms with E-state index in [0.717, 1.165) is 5.69 Å². The van der Waals surface area contributed by atoms with E-state index in [1.165, 1.54) is 4.90 Å². The molecule has 1 heterocycles. The zero-order valence-corrected chi connectivity index (χ0v) is 14.5. The number of para-hydroxylation sites is 1. The maximum absolute atomic E-state index is 12.8. The van der Waals surface area contributed by atoms with Gasteiger partial charge in [0.1, 0.15) is 6.54 Å². The van der Waals surface area contributed by atoms with E-state index in [9.17, 15) is 9.59 Å². The molecule has 0 aliphatic heterocycles. The normalized spacial score (nSPS) is 11.3. The van der Waals surface area contributed by atoms with Crippen LogP contribution in [0.1, 0.15) is 43.7 Å². The number of carbonyl (C=O) groups is 2. The van der Waals surface area contributed by atoms with Gasteiger partial charge in [0.05, 0.1) is 16.9 Å². The number of nitrogens with zero attached hydrogens (tertiary/aromatic N) is 3. The molecule has 0 spiro atoms. The third kappa shape index (κ3) is 3.82. The molecule has 2 aromatic rings. The first kappa shape index (κ1) is 17.7. The summed E-state index contributed by atoms with van der Waals surface area (Å²) in [6, 6.07) is 9.52. The monoisotopic (exact) mass is 329 g/mol. The molecule has 0 saturated carbocycles. The highest BCUT2D eigenvalue weighted by Crippen LogP contribution is 2.26. The third-order valence-corrected chi connectivity index (χ3v) is 3.67. The Hall–Kier alpha value is -2.63. The molecule has 0 saturated heterocycles. The summed E-state index contributed by atoms with van der Waals surface area (Å²) >= 11 is 0. The first-order chi connectivity index (χ1) is 11.2. The molecule has 0 aliphatic carbocycles. The van der Waals surface area contributed by atoms with Crippen molar-refractivity contribution in [3.63, 3.8) is 0 Å². The zero-order chi connectivity index (χ0) is 17.9. The van der Waals surface area contributed by atoms with E-state index in [1.54, 1.807) is 17.8 Å². The van der Waals surface area contributed by atoms with Crippen LogP contribution in [-0.2, 0) is 10.2 Å². The molecule has 1 N–H and O–H groups in total. The van der Waals surface area contributed by atoms with Gasteiger partial charge in [0.15, 0.2) is 0 Å². The minimum Gasteiger partial charge on any atom is -0.480 e. The van der Waals surface area contributed by atoms with Gasteiger partial charge < -0.3 is 10.0 Å². The largest absolute Gasteiger partial charge is 0.480 e. The van der Waals surface area contributed by atoms with Gasteiger partial charge in [-0.15, -0.1) is 0 Å². The number of carbonyl (C=O) groups excluding carboxylic acids is 1. The molecule has 0 atom stereocenters. The second-order valence-corrected chi connectivity index (χ2v) is 6.63. The van der Waals surface area contributed by atoms with Crippen LogP contribution in [0.5, 0.6) is 0 Å². The minimum absolute atomic E-state index is 0.313. The molecule has 0 radical (unpaired) electrons. The van der Waals surface area contributed by atoms with Gasteiger partial charge >= 0.3 is 5.97 Å². The lowest BCUT2D eigenvalue weighted by Gasteiger charge is -2.21. The van der Waals surface area contributed by atoms with Crippen molar-refractivity contribution in [2.75, 3.05) is 13.1 Å². The number of likely N-dealkylation sites (N-methyl/N-ethyl adjacent to an activating group) is 1. The maximum atomic E-state index is 12.8. The van der Waals surface area contributed by atoms with Crippen LogP contribution in [0.2, 0.25) is 0 Å². The summed E-state index contributed by atoms with van der Waals surface area (Å²) in [6.45, 7) is 7.71. The molecule has 128 valence electrons. The Morgan fingerprint density at radius 1 is 1.21 bits per heavy atom. The van der Waals surface area contributed by atoms with Crippen LogP contribution in [0.3, 0.4) is 0 Å². The SMILES string of the molecule is CCN(CC(=O)O)C(=O)c1cn(-c2ccccc2)nc1C(C)(C)C. The second-order valence-electron chi connectivity index (χ2n) is 6.63. The van der Waals surface area contributed by atoms with Crippen molar-refractivity contribution in [2.45, 2.75) is 33.1 Å². The molecule has 0 bridgehead atoms. The Bertz CT molecular complexity index is 730. The van der Waals surface area contributed by atoms with Crippen LogP contribution >= 0.6 is 0 Å². The molecular weight excluding hydrogens is 306 g/mol. The molecule has 1 amide bonds. The van der Waals surface area contributed by atoms with E-state index >= 15 is 0 Å². The van der Waals surface area contributed by atoms with Crippen molar-refractivity contribution in [3.05, 3.63) is 47.8 Å². The summed E-state index contributed by atoms with van der Waals surface area (Å²) in [5.74, 6) is -1.34. The molecule has 0 unspecified atom stereocenters. The Morgan fingerprint density at radius 2 is 1.83 bits per heavy atom. The van der Waals surface area contributed by atoms with Crippen LogP contribution in [0.25, 0.3) is 5.69 Å². The van der Waals surface area contributed by atoms with Crippen molar-refractivity contribution in [1.29, 1.82) is 0 Å². The van der Waals surface area contributed by atoms with Gasteiger partial charge in [-0.3, -0.25) is 9.59 Å². The summed E-state index contributed by atoms with van der Waals surface area (Å²) in [4.78, 5) is 25.1. The van der Waals surface area contributed by atoms with E-state index < -0.39 is 5.97 Å². The third-order valence-electron chi connectivity index (χ3n) is 3.67. The number of carboxylic acid groups (broad SMARTS) is 1. The predicted molar refractivity (Wildman–Crippen MR) is 91.5 cm³/mol. The van der Waals surface area contributed by atoms with Crippen molar-refractivity contribution in [3.8, 4) is 5.69 Å². The number of hydrogen-bond donors (Lipinski definition) is 1. The summed E-state index contributed by atoms with van der Waals surface area (Å²) in [7, 11) is 0. The predicted octanol–water partition coefficient (Wildman–Crippen LogP) is 2.72. The highest BCUT2D eigenvalue weighted by molar-refractivity contribution is 5.97. The number of amides is 1. The molecule has 0 aliphatic rings. The number of aromatic nitrogens is 2. The van der Waals surface area contributed by atoms with Crippen molar-refractivity contribution in [1.82, 2.24) is 14.7 Å². The van der Waals surface area contributed by atoms with E-state index in [2.05, 4.69) is 5.10 Å². The lowest BCUT2D eigenvalue weighted by atomic mass is 9.89. The average Bonchev–Trinajstić information content (AvgIpc) is 2.98. The van der Waals surface area contributed by atoms with Crippen LogP contribution in [0.15, 0.2) is 36.5 Å². The van der Waals surface area contributed by atoms with Gasteiger partial charge in [-0.25, -0.2) is 4.68 Å². The van der Waals surface area contributed by atoms with Crippen molar-refractivity contribution < 1.29 is 14.7 Å². The topological polar surface area (TPSA) is 75.4 Å². The summed E-state index contributed by atoms with van der Waals surface area (Å²) in [6.07, 6.45) is 1.68. The van der Waals surface area contributed by atoms with Gasteiger partial charge in [0.25, 0.3) is 5.91 Å². The maximum Gasteiger partial charge on any atom is 0.323 e. The molecule has 0 fully saturated rings. The van der Waals surface area contributed by atoms with Gasteiger partial charge in [-0.1, -0.05) is 39.0 Å². The summed E-state index contributed by atoms with van der Waals surface area (Å²) < 4.78 is 1.67. The fourth-order valence-electron chi connectivity index (χ4n) is 2.46. The fourth-order valence-corrected chi connectivity index (χ4v) is 2.46. The zero-order valence-electron chi connectivity index (χ0n) is 14.5. The smallest absolute Gasteiger partial charge is 0.323 e. The molecular formula is C18H23N3O3. The molecule has 1 aromatic heterocycles. The molecule has 6 heteroatoms. The van der Waals surface area contributed by atoms with E-state index in [4.69, 9.17) is 5.11 Å². The fraction of sp³-hybridized carbons (Fsp3) is 0.389. The van der Waals surface area contributed by atoms with Crippen molar-refractivity contribution in [2.24, 2.45) is 0 Å². The quantitative estimate of drug-likeness (QED) is 0.915. The standard InChI is InChI=1S/C18H23N3O3/c1-5-20(12-15(22)23)17(24)14-11-21(13-9-7-6-8-10-13)19-16(14)18(2,3)4/h6-11H,5,12H2,1-4H3,(H,22,23). The molecule has 1 aromatic carbocycles. The van der Waals surface area contributed by atoms with Crippen molar-refractivity contribution >= 4 is 11.9 Å². The number of benzene rings is 1. The Balaban J connectivity index is 2.50.